The zero-order valence-corrected chi connectivity index (χ0v) is 17.4. The van der Waals surface area contributed by atoms with Gasteiger partial charge in [-0.25, -0.2) is 4.39 Å². The Labute approximate surface area is 164 Å². The van der Waals surface area contributed by atoms with Gasteiger partial charge >= 0.3 is 0 Å². The average molecular weight is 379 g/mol. The SMILES string of the molecule is C[C@@H]([C@H]1[C@H]2C[C@H]2[C@H]2[C@@H]3CC[C@@H]4C[C@](C)(O)CC[C@@H]4[C@H]3CC[C@@]21C)[C@H](O)CF. The van der Waals surface area contributed by atoms with Crippen molar-refractivity contribution in [3.63, 3.8) is 0 Å². The number of alkyl halides is 1. The number of aliphatic hydroxyl groups excluding tert-OH is 1. The average Bonchev–Trinajstić information content (AvgIpc) is 3.33. The zero-order chi connectivity index (χ0) is 19.1. The third kappa shape index (κ3) is 2.70. The summed E-state index contributed by atoms with van der Waals surface area (Å²) in [6.07, 6.45) is 9.02. The lowest BCUT2D eigenvalue weighted by molar-refractivity contribution is -0.116. The molecule has 0 spiro atoms. The molecule has 12 atom stereocenters. The van der Waals surface area contributed by atoms with Crippen LogP contribution in [-0.2, 0) is 0 Å². The van der Waals surface area contributed by atoms with Crippen molar-refractivity contribution in [3.8, 4) is 0 Å². The van der Waals surface area contributed by atoms with E-state index in [4.69, 9.17) is 0 Å². The first-order valence-electron chi connectivity index (χ1n) is 11.7. The largest absolute Gasteiger partial charge is 0.390 e. The summed E-state index contributed by atoms with van der Waals surface area (Å²) in [4.78, 5) is 0. The van der Waals surface area contributed by atoms with Crippen molar-refractivity contribution in [3.05, 3.63) is 0 Å². The summed E-state index contributed by atoms with van der Waals surface area (Å²) in [5.41, 5.74) is -0.119. The first kappa shape index (κ1) is 18.9. The Morgan fingerprint density at radius 2 is 1.70 bits per heavy atom. The lowest BCUT2D eigenvalue weighted by Gasteiger charge is -2.58. The Kier molecular flexibility index (Phi) is 4.31. The molecule has 2 nitrogen and oxygen atoms in total. The molecule has 0 aromatic carbocycles. The van der Waals surface area contributed by atoms with Gasteiger partial charge in [0.25, 0.3) is 0 Å². The molecule has 0 saturated heterocycles. The molecule has 0 bridgehead atoms. The number of rotatable bonds is 3. The lowest BCUT2D eigenvalue weighted by Crippen LogP contribution is -2.52. The van der Waals surface area contributed by atoms with Crippen LogP contribution < -0.4 is 0 Å². The van der Waals surface area contributed by atoms with Crippen LogP contribution in [0, 0.1) is 58.7 Å². The van der Waals surface area contributed by atoms with E-state index in [-0.39, 0.29) is 5.92 Å². The monoisotopic (exact) mass is 378 g/mol. The maximum absolute atomic E-state index is 13.2. The molecule has 5 aliphatic rings. The van der Waals surface area contributed by atoms with Gasteiger partial charge in [0.2, 0.25) is 0 Å². The van der Waals surface area contributed by atoms with Crippen molar-refractivity contribution in [2.24, 2.45) is 58.7 Å². The predicted molar refractivity (Wildman–Crippen MR) is 105 cm³/mol. The fraction of sp³-hybridized carbons (Fsp3) is 1.00. The van der Waals surface area contributed by atoms with Crippen LogP contribution in [-0.4, -0.2) is 28.6 Å². The molecule has 0 aromatic heterocycles. The lowest BCUT2D eigenvalue weighted by atomic mass is 9.47. The molecule has 0 heterocycles. The van der Waals surface area contributed by atoms with Crippen molar-refractivity contribution in [1.82, 2.24) is 0 Å². The fourth-order valence-corrected chi connectivity index (χ4v) is 9.47. The van der Waals surface area contributed by atoms with Gasteiger partial charge in [-0.15, -0.1) is 0 Å². The van der Waals surface area contributed by atoms with E-state index in [1.54, 1.807) is 0 Å². The molecule has 0 aliphatic heterocycles. The Morgan fingerprint density at radius 1 is 0.963 bits per heavy atom. The van der Waals surface area contributed by atoms with Gasteiger partial charge in [-0.05, 0) is 117 Å². The van der Waals surface area contributed by atoms with Gasteiger partial charge < -0.3 is 10.2 Å². The zero-order valence-electron chi connectivity index (χ0n) is 17.4. The number of hydrogen-bond donors (Lipinski definition) is 2. The smallest absolute Gasteiger partial charge is 0.116 e. The summed E-state index contributed by atoms with van der Waals surface area (Å²) < 4.78 is 13.2. The van der Waals surface area contributed by atoms with E-state index in [0.29, 0.717) is 11.3 Å². The van der Waals surface area contributed by atoms with Crippen LogP contribution in [0.4, 0.5) is 4.39 Å². The fourth-order valence-electron chi connectivity index (χ4n) is 9.47. The van der Waals surface area contributed by atoms with Gasteiger partial charge in [-0.1, -0.05) is 13.8 Å². The van der Waals surface area contributed by atoms with Crippen molar-refractivity contribution in [1.29, 1.82) is 0 Å². The highest BCUT2D eigenvalue weighted by Gasteiger charge is 2.70. The summed E-state index contributed by atoms with van der Waals surface area (Å²) in [6.45, 7) is 6.07. The molecule has 27 heavy (non-hydrogen) atoms. The molecule has 5 aliphatic carbocycles. The molecule has 2 N–H and O–H groups in total. The Bertz CT molecular complexity index is 591. The van der Waals surface area contributed by atoms with Crippen molar-refractivity contribution < 1.29 is 14.6 Å². The van der Waals surface area contributed by atoms with E-state index >= 15 is 0 Å². The molecule has 0 radical (unpaired) electrons. The van der Waals surface area contributed by atoms with E-state index in [1.165, 1.54) is 38.5 Å². The van der Waals surface area contributed by atoms with Gasteiger partial charge in [0.05, 0.1) is 11.7 Å². The third-order valence-corrected chi connectivity index (χ3v) is 10.4. The maximum Gasteiger partial charge on any atom is 0.116 e. The van der Waals surface area contributed by atoms with Crippen LogP contribution >= 0.6 is 0 Å². The second-order valence-electron chi connectivity index (χ2n) is 11.8. The molecule has 5 fully saturated rings. The van der Waals surface area contributed by atoms with Crippen LogP contribution in [0.15, 0.2) is 0 Å². The number of aliphatic hydroxyl groups is 2. The minimum absolute atomic E-state index is 0.0951. The second kappa shape index (κ2) is 6.17. The van der Waals surface area contributed by atoms with E-state index in [0.717, 1.165) is 54.3 Å². The predicted octanol–water partition coefficient (Wildman–Crippen LogP) is 4.83. The van der Waals surface area contributed by atoms with E-state index in [2.05, 4.69) is 13.8 Å². The van der Waals surface area contributed by atoms with Crippen LogP contribution in [0.1, 0.15) is 72.1 Å². The van der Waals surface area contributed by atoms with Crippen molar-refractivity contribution in [2.75, 3.05) is 6.67 Å². The molecular formula is C24H39FO2. The van der Waals surface area contributed by atoms with E-state index in [1.807, 2.05) is 6.92 Å². The van der Waals surface area contributed by atoms with Gasteiger partial charge in [0.1, 0.15) is 6.67 Å². The summed E-state index contributed by atoms with van der Waals surface area (Å²) >= 11 is 0. The highest BCUT2D eigenvalue weighted by Crippen LogP contribution is 2.76. The van der Waals surface area contributed by atoms with Crippen molar-refractivity contribution >= 4 is 0 Å². The molecular weight excluding hydrogens is 339 g/mol. The van der Waals surface area contributed by atoms with Crippen molar-refractivity contribution in [2.45, 2.75) is 83.8 Å². The third-order valence-electron chi connectivity index (χ3n) is 10.4. The molecule has 0 aromatic rings. The van der Waals surface area contributed by atoms with E-state index in [9.17, 15) is 14.6 Å². The molecule has 5 rings (SSSR count). The van der Waals surface area contributed by atoms with Crippen LogP contribution in [0.5, 0.6) is 0 Å². The Hall–Kier alpha value is -0.150. The number of halogens is 1. The molecule has 5 saturated carbocycles. The first-order chi connectivity index (χ1) is 12.8. The highest BCUT2D eigenvalue weighted by atomic mass is 19.1. The second-order valence-corrected chi connectivity index (χ2v) is 11.8. The van der Waals surface area contributed by atoms with Gasteiger partial charge in [0.15, 0.2) is 0 Å². The maximum atomic E-state index is 13.2. The minimum atomic E-state index is -0.777. The van der Waals surface area contributed by atoms with Crippen LogP contribution in [0.3, 0.4) is 0 Å². The molecule has 3 heteroatoms. The Morgan fingerprint density at radius 3 is 2.44 bits per heavy atom. The summed E-state index contributed by atoms with van der Waals surface area (Å²) in [6, 6.07) is 0. The molecule has 0 unspecified atom stereocenters. The highest BCUT2D eigenvalue weighted by molar-refractivity contribution is 5.18. The normalized spacial score (nSPS) is 58.4. The standard InChI is InChI=1S/C24H39FO2/c1-13(20(26)12-25)21-18-10-19(18)22-17-5-4-14-11-23(2,27)8-6-15(14)16(17)7-9-24(21,22)3/h13-22,26-27H,4-12H2,1-3H3/t13-,14-,15+,16-,17-,18+,19-,20-,21+,22-,23-,24-/m1/s1. The van der Waals surface area contributed by atoms with Gasteiger partial charge in [-0.3, -0.25) is 0 Å². The van der Waals surface area contributed by atoms with Gasteiger partial charge in [-0.2, -0.15) is 0 Å². The molecule has 0 amide bonds. The topological polar surface area (TPSA) is 40.5 Å². The molecule has 154 valence electrons. The van der Waals surface area contributed by atoms with Crippen LogP contribution in [0.25, 0.3) is 0 Å². The summed E-state index contributed by atoms with van der Waals surface area (Å²) in [5.74, 6) is 6.30. The Balaban J connectivity index is 1.39. The number of fused-ring (bicyclic) bond motifs is 7. The summed E-state index contributed by atoms with van der Waals surface area (Å²) in [5, 5.41) is 20.8. The van der Waals surface area contributed by atoms with E-state index < -0.39 is 18.4 Å². The first-order valence-corrected chi connectivity index (χ1v) is 11.7. The summed E-state index contributed by atoms with van der Waals surface area (Å²) in [7, 11) is 0. The number of hydrogen-bond acceptors (Lipinski definition) is 2. The van der Waals surface area contributed by atoms with Gasteiger partial charge in [0, 0.05) is 0 Å². The van der Waals surface area contributed by atoms with Crippen LogP contribution in [0.2, 0.25) is 0 Å². The minimum Gasteiger partial charge on any atom is -0.390 e. The quantitative estimate of drug-likeness (QED) is 0.738.